The second-order valence-corrected chi connectivity index (χ2v) is 7.79. The van der Waals surface area contributed by atoms with Gasteiger partial charge in [-0.15, -0.1) is 0 Å². The summed E-state index contributed by atoms with van der Waals surface area (Å²) in [6.45, 7) is 3.84. The zero-order valence-corrected chi connectivity index (χ0v) is 16.7. The highest BCUT2D eigenvalue weighted by Gasteiger charge is 2.51. The zero-order chi connectivity index (χ0) is 19.6. The summed E-state index contributed by atoms with van der Waals surface area (Å²) in [6.07, 6.45) is 2.96. The van der Waals surface area contributed by atoms with Crippen LogP contribution in [0.25, 0.3) is 5.57 Å². The highest BCUT2D eigenvalue weighted by atomic mass is 35.5. The maximum Gasteiger partial charge on any atom is 0.313 e. The first kappa shape index (κ1) is 19.2. The quantitative estimate of drug-likeness (QED) is 0.767. The third-order valence-corrected chi connectivity index (χ3v) is 5.93. The van der Waals surface area contributed by atoms with E-state index in [4.69, 9.17) is 16.3 Å². The van der Waals surface area contributed by atoms with Gasteiger partial charge >= 0.3 is 5.97 Å². The number of hydrogen-bond donors (Lipinski definition) is 2. The van der Waals surface area contributed by atoms with Crippen molar-refractivity contribution in [3.63, 3.8) is 0 Å². The average molecular weight is 397 g/mol. The van der Waals surface area contributed by atoms with Crippen LogP contribution in [0, 0.1) is 5.92 Å². The molecule has 1 spiro atoms. The molecule has 2 N–H and O–H groups in total. The van der Waals surface area contributed by atoms with E-state index in [1.54, 1.807) is 0 Å². The molecule has 4 nitrogen and oxygen atoms in total. The first-order valence-corrected chi connectivity index (χ1v) is 10.2. The molecule has 2 unspecified atom stereocenters. The third kappa shape index (κ3) is 3.60. The first-order chi connectivity index (χ1) is 13.6. The number of carbonyl (C=O) groups excluding carboxylic acids is 1. The van der Waals surface area contributed by atoms with Gasteiger partial charge in [0.05, 0.1) is 12.5 Å². The molecular formula is C23H25ClN2O2. The van der Waals surface area contributed by atoms with E-state index in [2.05, 4.69) is 28.8 Å². The van der Waals surface area contributed by atoms with Crippen molar-refractivity contribution in [1.29, 1.82) is 0 Å². The Hall–Kier alpha value is -2.14. The van der Waals surface area contributed by atoms with Crippen LogP contribution in [0.4, 0.5) is 0 Å². The van der Waals surface area contributed by atoms with Crippen LogP contribution in [0.3, 0.4) is 0 Å². The molecule has 1 aliphatic carbocycles. The summed E-state index contributed by atoms with van der Waals surface area (Å²) >= 11 is 6.12. The van der Waals surface area contributed by atoms with E-state index < -0.39 is 5.66 Å². The number of esters is 1. The number of nitrogens with one attached hydrogen (secondary N) is 2. The van der Waals surface area contributed by atoms with Gasteiger partial charge in [-0.25, -0.2) is 0 Å². The first-order valence-electron chi connectivity index (χ1n) is 9.82. The van der Waals surface area contributed by atoms with Gasteiger partial charge in [0.1, 0.15) is 5.66 Å². The van der Waals surface area contributed by atoms with E-state index in [0.717, 1.165) is 25.1 Å². The van der Waals surface area contributed by atoms with Gasteiger partial charge in [0.2, 0.25) is 0 Å². The fourth-order valence-corrected chi connectivity index (χ4v) is 4.60. The van der Waals surface area contributed by atoms with E-state index in [9.17, 15) is 4.79 Å². The summed E-state index contributed by atoms with van der Waals surface area (Å²) in [6, 6.07) is 18.2. The molecule has 0 bridgehead atoms. The fourth-order valence-electron chi connectivity index (χ4n) is 4.47. The van der Waals surface area contributed by atoms with Gasteiger partial charge in [-0.1, -0.05) is 54.1 Å². The number of ether oxygens (including phenoxy) is 1. The van der Waals surface area contributed by atoms with Crippen LogP contribution in [0.1, 0.15) is 30.4 Å². The van der Waals surface area contributed by atoms with Crippen molar-refractivity contribution >= 4 is 23.1 Å². The van der Waals surface area contributed by atoms with E-state index in [0.29, 0.717) is 11.6 Å². The lowest BCUT2D eigenvalue weighted by atomic mass is 9.69. The molecule has 0 amide bonds. The molecule has 0 radical (unpaired) electrons. The van der Waals surface area contributed by atoms with Gasteiger partial charge in [0, 0.05) is 24.0 Å². The Kier molecular flexibility index (Phi) is 5.54. The van der Waals surface area contributed by atoms with Crippen molar-refractivity contribution in [1.82, 2.24) is 10.6 Å². The summed E-state index contributed by atoms with van der Waals surface area (Å²) in [7, 11) is 0. The number of rotatable bonds is 4. The molecule has 0 aromatic heterocycles. The smallest absolute Gasteiger partial charge is 0.313 e. The van der Waals surface area contributed by atoms with Crippen molar-refractivity contribution < 1.29 is 9.53 Å². The van der Waals surface area contributed by atoms with Gasteiger partial charge in [-0.05, 0) is 48.3 Å². The fraction of sp³-hybridized carbons (Fsp3) is 0.348. The van der Waals surface area contributed by atoms with Crippen LogP contribution in [-0.2, 0) is 9.53 Å². The third-order valence-electron chi connectivity index (χ3n) is 5.68. The van der Waals surface area contributed by atoms with Gasteiger partial charge in [-0.2, -0.15) is 0 Å². The molecule has 2 aliphatic rings. The Bertz CT molecular complexity index is 858. The van der Waals surface area contributed by atoms with Crippen LogP contribution in [0.2, 0.25) is 5.02 Å². The van der Waals surface area contributed by atoms with Crippen LogP contribution < -0.4 is 10.6 Å². The number of carbonyl (C=O) groups is 1. The van der Waals surface area contributed by atoms with Crippen molar-refractivity contribution in [3.8, 4) is 0 Å². The molecular weight excluding hydrogens is 372 g/mol. The largest absolute Gasteiger partial charge is 0.466 e. The van der Waals surface area contributed by atoms with Gasteiger partial charge in [0.15, 0.2) is 0 Å². The Balaban J connectivity index is 1.83. The SMILES string of the molecule is CCOC(=O)C1C(c2ccc(Cl)cc2)CC(c2ccccc2)=CC12NCCN2. The van der Waals surface area contributed by atoms with E-state index in [1.807, 2.05) is 49.4 Å². The highest BCUT2D eigenvalue weighted by Crippen LogP contribution is 2.46. The lowest BCUT2D eigenvalue weighted by molar-refractivity contribution is -0.151. The van der Waals surface area contributed by atoms with E-state index in [-0.39, 0.29) is 17.8 Å². The Morgan fingerprint density at radius 1 is 1.11 bits per heavy atom. The van der Waals surface area contributed by atoms with Crippen molar-refractivity contribution in [2.24, 2.45) is 5.92 Å². The predicted octanol–water partition coefficient (Wildman–Crippen LogP) is 3.98. The zero-order valence-electron chi connectivity index (χ0n) is 16.0. The van der Waals surface area contributed by atoms with Crippen molar-refractivity contribution in [2.45, 2.75) is 24.9 Å². The van der Waals surface area contributed by atoms with Crippen LogP contribution in [0.5, 0.6) is 0 Å². The van der Waals surface area contributed by atoms with Crippen LogP contribution in [-0.4, -0.2) is 31.3 Å². The molecule has 1 aliphatic heterocycles. The summed E-state index contributed by atoms with van der Waals surface area (Å²) in [4.78, 5) is 13.1. The Morgan fingerprint density at radius 3 is 2.43 bits per heavy atom. The van der Waals surface area contributed by atoms with Gasteiger partial charge in [0.25, 0.3) is 0 Å². The number of hydrogen-bond acceptors (Lipinski definition) is 4. The summed E-state index contributed by atoms with van der Waals surface area (Å²) < 4.78 is 5.51. The Labute approximate surface area is 170 Å². The topological polar surface area (TPSA) is 50.4 Å². The molecule has 2 aromatic rings. The molecule has 2 aromatic carbocycles. The number of allylic oxidation sites excluding steroid dienone is 1. The minimum Gasteiger partial charge on any atom is -0.466 e. The summed E-state index contributed by atoms with van der Waals surface area (Å²) in [5.74, 6) is -0.550. The number of benzene rings is 2. The maximum absolute atomic E-state index is 13.1. The minimum absolute atomic E-state index is 0.0189. The minimum atomic E-state index is -0.611. The summed E-state index contributed by atoms with van der Waals surface area (Å²) in [5, 5.41) is 7.81. The normalized spacial score (nSPS) is 23.4. The van der Waals surface area contributed by atoms with Crippen LogP contribution >= 0.6 is 11.6 Å². The van der Waals surface area contributed by atoms with Crippen molar-refractivity contribution in [2.75, 3.05) is 19.7 Å². The molecule has 1 saturated heterocycles. The van der Waals surface area contributed by atoms with E-state index >= 15 is 0 Å². The van der Waals surface area contributed by atoms with Crippen molar-refractivity contribution in [3.05, 3.63) is 76.8 Å². The molecule has 2 atom stereocenters. The highest BCUT2D eigenvalue weighted by molar-refractivity contribution is 6.30. The Morgan fingerprint density at radius 2 is 1.79 bits per heavy atom. The lowest BCUT2D eigenvalue weighted by Gasteiger charge is -2.43. The molecule has 4 rings (SSSR count). The maximum atomic E-state index is 13.1. The van der Waals surface area contributed by atoms with Crippen LogP contribution in [0.15, 0.2) is 60.7 Å². The molecule has 5 heteroatoms. The number of halogens is 1. The average Bonchev–Trinajstić information content (AvgIpc) is 3.17. The molecule has 1 fully saturated rings. The molecule has 1 heterocycles. The lowest BCUT2D eigenvalue weighted by Crippen LogP contribution is -2.60. The molecule has 0 saturated carbocycles. The molecule has 146 valence electrons. The summed E-state index contributed by atoms with van der Waals surface area (Å²) in [5.41, 5.74) is 2.89. The monoisotopic (exact) mass is 396 g/mol. The van der Waals surface area contributed by atoms with Gasteiger partial charge < -0.3 is 4.74 Å². The van der Waals surface area contributed by atoms with E-state index in [1.165, 1.54) is 11.1 Å². The second-order valence-electron chi connectivity index (χ2n) is 7.35. The second kappa shape index (κ2) is 8.08. The predicted molar refractivity (Wildman–Crippen MR) is 112 cm³/mol. The standard InChI is InChI=1S/C23H25ClN2O2/c1-2-28-22(27)21-20(17-8-10-19(24)11-9-17)14-18(16-6-4-3-5-7-16)15-23(21)25-12-13-26-23/h3-11,15,20-21,25-26H,2,12-14H2,1H3. The van der Waals surface area contributed by atoms with Gasteiger partial charge in [-0.3, -0.25) is 15.4 Å². The molecule has 28 heavy (non-hydrogen) atoms.